The van der Waals surface area contributed by atoms with Crippen molar-refractivity contribution in [2.75, 3.05) is 11.9 Å². The molecular formula is C18H26N2O2. The number of anilines is 1. The van der Waals surface area contributed by atoms with E-state index in [2.05, 4.69) is 5.32 Å². The number of nitrogens with zero attached hydrogens (tertiary/aromatic N) is 1. The van der Waals surface area contributed by atoms with Crippen LogP contribution in [0.2, 0.25) is 0 Å². The molecular weight excluding hydrogens is 276 g/mol. The first-order valence-corrected chi connectivity index (χ1v) is 8.20. The number of nitrogens with one attached hydrogen (secondary N) is 1. The van der Waals surface area contributed by atoms with Gasteiger partial charge in [0.1, 0.15) is 0 Å². The maximum atomic E-state index is 12.1. The lowest BCUT2D eigenvalue weighted by molar-refractivity contribution is -0.132. The van der Waals surface area contributed by atoms with Crippen molar-refractivity contribution in [3.8, 4) is 0 Å². The van der Waals surface area contributed by atoms with Crippen molar-refractivity contribution in [2.45, 2.75) is 58.4 Å². The van der Waals surface area contributed by atoms with Crippen molar-refractivity contribution in [3.63, 3.8) is 0 Å². The van der Waals surface area contributed by atoms with Crippen molar-refractivity contribution in [2.24, 2.45) is 0 Å². The molecule has 1 saturated carbocycles. The second kappa shape index (κ2) is 7.97. The lowest BCUT2D eigenvalue weighted by Crippen LogP contribution is -2.41. The molecule has 2 amide bonds. The fourth-order valence-electron chi connectivity index (χ4n) is 3.16. The number of hydrogen-bond donors (Lipinski definition) is 1. The Morgan fingerprint density at radius 3 is 2.59 bits per heavy atom. The highest BCUT2D eigenvalue weighted by Gasteiger charge is 2.23. The molecule has 0 spiro atoms. The number of aryl methyl sites for hydroxylation is 1. The highest BCUT2D eigenvalue weighted by Crippen LogP contribution is 2.23. The van der Waals surface area contributed by atoms with Crippen LogP contribution < -0.4 is 5.32 Å². The van der Waals surface area contributed by atoms with Gasteiger partial charge >= 0.3 is 0 Å². The van der Waals surface area contributed by atoms with Gasteiger partial charge in [-0.3, -0.25) is 9.59 Å². The lowest BCUT2D eigenvalue weighted by Gasteiger charge is -2.33. The molecule has 2 rings (SSSR count). The zero-order chi connectivity index (χ0) is 15.9. The molecule has 1 aromatic carbocycles. The van der Waals surface area contributed by atoms with Crippen LogP contribution in [0.3, 0.4) is 0 Å². The van der Waals surface area contributed by atoms with Crippen LogP contribution in [0.5, 0.6) is 0 Å². The maximum Gasteiger partial charge on any atom is 0.226 e. The van der Waals surface area contributed by atoms with Crippen LogP contribution in [-0.4, -0.2) is 29.3 Å². The van der Waals surface area contributed by atoms with Gasteiger partial charge < -0.3 is 10.2 Å². The van der Waals surface area contributed by atoms with Gasteiger partial charge in [0, 0.05) is 31.6 Å². The molecule has 1 aliphatic rings. The van der Waals surface area contributed by atoms with Crippen LogP contribution in [-0.2, 0) is 9.59 Å². The number of amides is 2. The Morgan fingerprint density at radius 2 is 1.95 bits per heavy atom. The molecule has 0 atom stereocenters. The van der Waals surface area contributed by atoms with E-state index in [4.69, 9.17) is 0 Å². The standard InChI is InChI=1S/C18H26N2O2/c1-14-7-6-8-16(13-14)19-18(22)11-12-20(15(2)21)17-9-4-3-5-10-17/h6-8,13,17H,3-5,9-12H2,1-2H3,(H,19,22). The highest BCUT2D eigenvalue weighted by atomic mass is 16.2. The third-order valence-corrected chi connectivity index (χ3v) is 4.30. The minimum Gasteiger partial charge on any atom is -0.339 e. The Morgan fingerprint density at radius 1 is 1.23 bits per heavy atom. The van der Waals surface area contributed by atoms with Crippen LogP contribution in [0.4, 0.5) is 5.69 Å². The van der Waals surface area contributed by atoms with E-state index >= 15 is 0 Å². The van der Waals surface area contributed by atoms with Crippen LogP contribution in [0.15, 0.2) is 24.3 Å². The first-order valence-electron chi connectivity index (χ1n) is 8.20. The van der Waals surface area contributed by atoms with Gasteiger partial charge in [0.2, 0.25) is 11.8 Å². The van der Waals surface area contributed by atoms with Gasteiger partial charge in [-0.25, -0.2) is 0 Å². The van der Waals surface area contributed by atoms with Gasteiger partial charge in [-0.15, -0.1) is 0 Å². The predicted molar refractivity (Wildman–Crippen MR) is 88.7 cm³/mol. The number of carbonyl (C=O) groups is 2. The van der Waals surface area contributed by atoms with E-state index in [0.29, 0.717) is 19.0 Å². The zero-order valence-corrected chi connectivity index (χ0v) is 13.6. The predicted octanol–water partition coefficient (Wildman–Crippen LogP) is 3.50. The summed E-state index contributed by atoms with van der Waals surface area (Å²) in [6, 6.07) is 8.07. The Balaban J connectivity index is 1.86. The summed E-state index contributed by atoms with van der Waals surface area (Å²) in [4.78, 5) is 25.8. The van der Waals surface area contributed by atoms with Crippen molar-refractivity contribution in [1.29, 1.82) is 0 Å². The second-order valence-electron chi connectivity index (χ2n) is 6.17. The number of rotatable bonds is 5. The molecule has 0 aromatic heterocycles. The van der Waals surface area contributed by atoms with Gasteiger partial charge in [0.05, 0.1) is 0 Å². The molecule has 0 saturated heterocycles. The molecule has 0 bridgehead atoms. The SMILES string of the molecule is CC(=O)N(CCC(=O)Nc1cccc(C)c1)C1CCCCC1. The molecule has 1 aromatic rings. The number of hydrogen-bond acceptors (Lipinski definition) is 2. The minimum atomic E-state index is -0.0346. The number of benzene rings is 1. The van der Waals surface area contributed by atoms with E-state index in [9.17, 15) is 9.59 Å². The Labute approximate surface area is 132 Å². The van der Waals surface area contributed by atoms with E-state index in [1.165, 1.54) is 19.3 Å². The third kappa shape index (κ3) is 4.86. The maximum absolute atomic E-state index is 12.1. The van der Waals surface area contributed by atoms with E-state index in [0.717, 1.165) is 24.1 Å². The Hall–Kier alpha value is -1.84. The summed E-state index contributed by atoms with van der Waals surface area (Å²) in [5.74, 6) is 0.0444. The summed E-state index contributed by atoms with van der Waals surface area (Å²) in [5, 5.41) is 2.90. The fraction of sp³-hybridized carbons (Fsp3) is 0.556. The highest BCUT2D eigenvalue weighted by molar-refractivity contribution is 5.91. The van der Waals surface area contributed by atoms with Gasteiger partial charge in [-0.1, -0.05) is 31.4 Å². The lowest BCUT2D eigenvalue weighted by atomic mass is 9.94. The Bertz CT molecular complexity index is 522. The topological polar surface area (TPSA) is 49.4 Å². The molecule has 0 radical (unpaired) electrons. The average Bonchev–Trinajstić information content (AvgIpc) is 2.48. The molecule has 22 heavy (non-hydrogen) atoms. The molecule has 0 aliphatic heterocycles. The monoisotopic (exact) mass is 302 g/mol. The summed E-state index contributed by atoms with van der Waals surface area (Å²) in [7, 11) is 0. The average molecular weight is 302 g/mol. The first kappa shape index (κ1) is 16.5. The van der Waals surface area contributed by atoms with Crippen LogP contribution >= 0.6 is 0 Å². The van der Waals surface area contributed by atoms with Crippen LogP contribution in [0.25, 0.3) is 0 Å². The molecule has 4 heteroatoms. The molecule has 0 heterocycles. The molecule has 4 nitrogen and oxygen atoms in total. The summed E-state index contributed by atoms with van der Waals surface area (Å²) < 4.78 is 0. The molecule has 1 N–H and O–H groups in total. The quantitative estimate of drug-likeness (QED) is 0.905. The van der Waals surface area contributed by atoms with Gasteiger partial charge in [-0.05, 0) is 37.5 Å². The summed E-state index contributed by atoms with van der Waals surface area (Å²) in [5.41, 5.74) is 1.93. The Kier molecular flexibility index (Phi) is 5.99. The molecule has 1 aliphatic carbocycles. The summed E-state index contributed by atoms with van der Waals surface area (Å²) in [6.45, 7) is 4.11. The van der Waals surface area contributed by atoms with Crippen molar-refractivity contribution >= 4 is 17.5 Å². The molecule has 0 unspecified atom stereocenters. The minimum absolute atomic E-state index is 0.0346. The van der Waals surface area contributed by atoms with Crippen molar-refractivity contribution in [1.82, 2.24) is 4.90 Å². The van der Waals surface area contributed by atoms with Crippen molar-refractivity contribution in [3.05, 3.63) is 29.8 Å². The van der Waals surface area contributed by atoms with E-state index < -0.39 is 0 Å². The van der Waals surface area contributed by atoms with Crippen molar-refractivity contribution < 1.29 is 9.59 Å². The van der Waals surface area contributed by atoms with Crippen LogP contribution in [0.1, 0.15) is 51.0 Å². The normalized spacial score (nSPS) is 15.4. The van der Waals surface area contributed by atoms with Crippen LogP contribution in [0, 0.1) is 6.92 Å². The van der Waals surface area contributed by atoms with E-state index in [-0.39, 0.29) is 11.8 Å². The number of carbonyl (C=O) groups excluding carboxylic acids is 2. The first-order chi connectivity index (χ1) is 10.6. The fourth-order valence-corrected chi connectivity index (χ4v) is 3.16. The van der Waals surface area contributed by atoms with E-state index in [1.807, 2.05) is 36.1 Å². The summed E-state index contributed by atoms with van der Waals surface area (Å²) >= 11 is 0. The molecule has 120 valence electrons. The third-order valence-electron chi connectivity index (χ3n) is 4.30. The van der Waals surface area contributed by atoms with Gasteiger partial charge in [0.25, 0.3) is 0 Å². The summed E-state index contributed by atoms with van der Waals surface area (Å²) in [6.07, 6.45) is 6.12. The second-order valence-corrected chi connectivity index (χ2v) is 6.17. The van der Waals surface area contributed by atoms with E-state index in [1.54, 1.807) is 6.92 Å². The molecule has 1 fully saturated rings. The largest absolute Gasteiger partial charge is 0.339 e. The van der Waals surface area contributed by atoms with Gasteiger partial charge in [0.15, 0.2) is 0 Å². The smallest absolute Gasteiger partial charge is 0.226 e. The van der Waals surface area contributed by atoms with Gasteiger partial charge in [-0.2, -0.15) is 0 Å². The zero-order valence-electron chi connectivity index (χ0n) is 13.6.